The number of nitriles is 1. The molecule has 1 aromatic carbocycles. The van der Waals surface area contributed by atoms with Gasteiger partial charge in [0.15, 0.2) is 0 Å². The molecule has 0 spiro atoms. The van der Waals surface area contributed by atoms with E-state index in [2.05, 4.69) is 5.32 Å². The summed E-state index contributed by atoms with van der Waals surface area (Å²) in [6, 6.07) is 8.15. The van der Waals surface area contributed by atoms with Crippen molar-refractivity contribution in [1.82, 2.24) is 9.62 Å². The third kappa shape index (κ3) is 4.35. The molecule has 0 aromatic heterocycles. The molecule has 6 nitrogen and oxygen atoms in total. The van der Waals surface area contributed by atoms with Crippen molar-refractivity contribution in [3.05, 3.63) is 35.4 Å². The fourth-order valence-corrected chi connectivity index (χ4v) is 2.03. The van der Waals surface area contributed by atoms with E-state index in [0.29, 0.717) is 11.1 Å². The molecule has 0 atom stereocenters. The zero-order valence-electron chi connectivity index (χ0n) is 10.8. The van der Waals surface area contributed by atoms with Crippen LogP contribution in [0.1, 0.15) is 15.9 Å². The normalized spacial score (nSPS) is 11.1. The van der Waals surface area contributed by atoms with Crippen LogP contribution in [0.15, 0.2) is 24.3 Å². The van der Waals surface area contributed by atoms with Crippen LogP contribution in [0.4, 0.5) is 0 Å². The van der Waals surface area contributed by atoms with Crippen molar-refractivity contribution in [2.45, 2.75) is 0 Å². The number of nitrogens with one attached hydrogen (secondary N) is 1. The summed E-state index contributed by atoms with van der Waals surface area (Å²) in [7, 11) is -0.447. The fraction of sp³-hybridized carbons (Fsp3) is 0.333. The molecule has 1 N–H and O–H groups in total. The molecular weight excluding hydrogens is 266 g/mol. The molecule has 0 heterocycles. The average molecular weight is 281 g/mol. The molecule has 1 rings (SSSR count). The van der Waals surface area contributed by atoms with Crippen LogP contribution in [0, 0.1) is 11.3 Å². The van der Waals surface area contributed by atoms with Crippen molar-refractivity contribution < 1.29 is 13.2 Å². The summed E-state index contributed by atoms with van der Waals surface area (Å²) < 4.78 is 24.1. The smallest absolute Gasteiger partial charge is 0.251 e. The van der Waals surface area contributed by atoms with E-state index >= 15 is 0 Å². The molecule has 0 aliphatic rings. The minimum absolute atomic E-state index is 0.0239. The van der Waals surface area contributed by atoms with E-state index in [1.807, 2.05) is 6.07 Å². The molecule has 0 fully saturated rings. The number of carbonyl (C=O) groups is 1. The molecule has 0 aliphatic carbocycles. The topological polar surface area (TPSA) is 90.3 Å². The molecule has 7 heteroatoms. The minimum atomic E-state index is -3.32. The number of nitrogens with zero attached hydrogens (tertiary/aromatic N) is 2. The van der Waals surface area contributed by atoms with Crippen LogP contribution >= 0.6 is 0 Å². The molecular formula is C12H15N3O3S. The Hall–Kier alpha value is -1.91. The maximum atomic E-state index is 11.7. The number of benzene rings is 1. The van der Waals surface area contributed by atoms with Gasteiger partial charge in [-0.1, -0.05) is 6.07 Å². The lowest BCUT2D eigenvalue weighted by Crippen LogP contribution is -2.33. The number of sulfonamides is 1. The molecule has 0 saturated heterocycles. The lowest BCUT2D eigenvalue weighted by Gasteiger charge is -2.11. The third-order valence-electron chi connectivity index (χ3n) is 2.46. The van der Waals surface area contributed by atoms with Crippen LogP contribution in [0.3, 0.4) is 0 Å². The monoisotopic (exact) mass is 281 g/mol. The van der Waals surface area contributed by atoms with Gasteiger partial charge in [0.1, 0.15) is 0 Å². The van der Waals surface area contributed by atoms with Gasteiger partial charge in [-0.05, 0) is 18.2 Å². The molecule has 19 heavy (non-hydrogen) atoms. The van der Waals surface area contributed by atoms with Gasteiger partial charge in [0.2, 0.25) is 10.0 Å². The lowest BCUT2D eigenvalue weighted by molar-refractivity contribution is 0.0956. The highest BCUT2D eigenvalue weighted by Gasteiger charge is 2.14. The van der Waals surface area contributed by atoms with Crippen LogP contribution < -0.4 is 5.32 Å². The van der Waals surface area contributed by atoms with Crippen molar-refractivity contribution in [3.63, 3.8) is 0 Å². The van der Waals surface area contributed by atoms with E-state index in [-0.39, 0.29) is 12.3 Å². The number of hydrogen-bond donors (Lipinski definition) is 1. The molecule has 0 radical (unpaired) electrons. The zero-order valence-corrected chi connectivity index (χ0v) is 11.6. The molecule has 0 aliphatic heterocycles. The molecule has 102 valence electrons. The van der Waals surface area contributed by atoms with Gasteiger partial charge in [-0.3, -0.25) is 4.79 Å². The highest BCUT2D eigenvalue weighted by Crippen LogP contribution is 2.03. The maximum absolute atomic E-state index is 11.7. The van der Waals surface area contributed by atoms with Crippen molar-refractivity contribution in [1.29, 1.82) is 5.26 Å². The van der Waals surface area contributed by atoms with E-state index < -0.39 is 15.9 Å². The van der Waals surface area contributed by atoms with Gasteiger partial charge >= 0.3 is 0 Å². The van der Waals surface area contributed by atoms with Crippen molar-refractivity contribution in [2.75, 3.05) is 26.4 Å². The van der Waals surface area contributed by atoms with Crippen LogP contribution in [-0.2, 0) is 10.0 Å². The molecule has 0 bridgehead atoms. The van der Waals surface area contributed by atoms with E-state index in [9.17, 15) is 13.2 Å². The first-order valence-corrected chi connectivity index (χ1v) is 7.16. The second-order valence-corrected chi connectivity index (χ2v) is 6.35. The van der Waals surface area contributed by atoms with Gasteiger partial charge in [-0.25, -0.2) is 12.7 Å². The van der Waals surface area contributed by atoms with Crippen molar-refractivity contribution >= 4 is 15.9 Å². The van der Waals surface area contributed by atoms with E-state index in [4.69, 9.17) is 5.26 Å². The lowest BCUT2D eigenvalue weighted by atomic mass is 10.1. The van der Waals surface area contributed by atoms with E-state index in [1.165, 1.54) is 20.2 Å². The summed E-state index contributed by atoms with van der Waals surface area (Å²) in [5.74, 6) is -0.560. The second-order valence-electron chi connectivity index (χ2n) is 4.05. The van der Waals surface area contributed by atoms with Gasteiger partial charge in [-0.15, -0.1) is 0 Å². The summed E-state index contributed by atoms with van der Waals surface area (Å²) in [4.78, 5) is 11.7. The van der Waals surface area contributed by atoms with Gasteiger partial charge in [0.05, 0.1) is 17.4 Å². The number of rotatable bonds is 5. The summed E-state index contributed by atoms with van der Waals surface area (Å²) >= 11 is 0. The van der Waals surface area contributed by atoms with Crippen LogP contribution in [0.5, 0.6) is 0 Å². The minimum Gasteiger partial charge on any atom is -0.351 e. The summed E-state index contributed by atoms with van der Waals surface area (Å²) in [5, 5.41) is 11.2. The molecule has 0 saturated carbocycles. The zero-order chi connectivity index (χ0) is 14.5. The largest absolute Gasteiger partial charge is 0.351 e. The predicted octanol–water partition coefficient (Wildman–Crippen LogP) is 0.179. The quantitative estimate of drug-likeness (QED) is 0.833. The van der Waals surface area contributed by atoms with Gasteiger partial charge in [0.25, 0.3) is 5.91 Å². The predicted molar refractivity (Wildman–Crippen MR) is 71.0 cm³/mol. The highest BCUT2D eigenvalue weighted by molar-refractivity contribution is 7.89. The molecule has 1 aromatic rings. The second kappa shape index (κ2) is 6.31. The Balaban J connectivity index is 2.60. The van der Waals surface area contributed by atoms with Crippen LogP contribution in [-0.4, -0.2) is 45.0 Å². The van der Waals surface area contributed by atoms with Crippen molar-refractivity contribution in [2.24, 2.45) is 0 Å². The van der Waals surface area contributed by atoms with Gasteiger partial charge in [-0.2, -0.15) is 5.26 Å². The Labute approximate surface area is 112 Å². The Morgan fingerprint density at radius 3 is 2.68 bits per heavy atom. The van der Waals surface area contributed by atoms with E-state index in [1.54, 1.807) is 18.2 Å². The SMILES string of the molecule is CN(C)S(=O)(=O)CCNC(=O)c1cccc(C#N)c1. The Morgan fingerprint density at radius 2 is 2.11 bits per heavy atom. The summed E-state index contributed by atoms with van der Waals surface area (Å²) in [6.45, 7) is 0.0239. The number of amides is 1. The molecule has 0 unspecified atom stereocenters. The first-order valence-electron chi connectivity index (χ1n) is 5.55. The van der Waals surface area contributed by atoms with E-state index in [0.717, 1.165) is 4.31 Å². The average Bonchev–Trinajstić information content (AvgIpc) is 2.38. The Kier molecular flexibility index (Phi) is 5.03. The molecule has 1 amide bonds. The Bertz CT molecular complexity index is 603. The van der Waals surface area contributed by atoms with Gasteiger partial charge in [0, 0.05) is 26.2 Å². The summed E-state index contributed by atoms with van der Waals surface area (Å²) in [5.41, 5.74) is 0.717. The number of carbonyl (C=O) groups excluding carboxylic acids is 1. The number of hydrogen-bond acceptors (Lipinski definition) is 4. The van der Waals surface area contributed by atoms with Gasteiger partial charge < -0.3 is 5.32 Å². The standard InChI is InChI=1S/C12H15N3O3S/c1-15(2)19(17,18)7-6-14-12(16)11-5-3-4-10(8-11)9-13/h3-5,8H,6-7H2,1-2H3,(H,14,16). The first kappa shape index (κ1) is 15.1. The fourth-order valence-electron chi connectivity index (χ4n) is 1.31. The summed E-state index contributed by atoms with van der Waals surface area (Å²) in [6.07, 6.45) is 0. The van der Waals surface area contributed by atoms with Crippen LogP contribution in [0.2, 0.25) is 0 Å². The van der Waals surface area contributed by atoms with Crippen LogP contribution in [0.25, 0.3) is 0 Å². The Morgan fingerprint density at radius 1 is 1.42 bits per heavy atom. The highest BCUT2D eigenvalue weighted by atomic mass is 32.2. The first-order chi connectivity index (χ1) is 8.86. The maximum Gasteiger partial charge on any atom is 0.251 e. The van der Waals surface area contributed by atoms with Crippen molar-refractivity contribution in [3.8, 4) is 6.07 Å². The third-order valence-corrected chi connectivity index (χ3v) is 4.29.